The number of hydrogen-bond acceptors (Lipinski definition) is 5. The summed E-state index contributed by atoms with van der Waals surface area (Å²) in [7, 11) is 0. The van der Waals surface area contributed by atoms with Crippen molar-refractivity contribution >= 4 is 29.2 Å². The van der Waals surface area contributed by atoms with Crippen LogP contribution in [0.5, 0.6) is 5.88 Å². The molecule has 1 aliphatic rings. The Balaban J connectivity index is 1.61. The Kier molecular flexibility index (Phi) is 8.24. The number of nitriles is 1. The summed E-state index contributed by atoms with van der Waals surface area (Å²) in [4.78, 5) is 45.8. The number of benzene rings is 4. The van der Waals surface area contributed by atoms with E-state index in [0.29, 0.717) is 22.5 Å². The predicted octanol–water partition coefficient (Wildman–Crippen LogP) is 6.29. The lowest BCUT2D eigenvalue weighted by Crippen LogP contribution is -2.42. The first-order valence-corrected chi connectivity index (χ1v) is 14.5. The molecule has 0 saturated carbocycles. The highest BCUT2D eigenvalue weighted by molar-refractivity contribution is 6.36. The average molecular weight is 612 g/mol. The smallest absolute Gasteiger partial charge is 0.273 e. The first-order chi connectivity index (χ1) is 23.0. The Morgan fingerprint density at radius 3 is 1.81 bits per heavy atom. The highest BCUT2D eigenvalue weighted by Crippen LogP contribution is 2.37. The quantitative estimate of drug-likeness (QED) is 0.127. The molecule has 0 spiro atoms. The van der Waals surface area contributed by atoms with E-state index < -0.39 is 23.3 Å². The fourth-order valence-electron chi connectivity index (χ4n) is 5.52. The second-order valence-electron chi connectivity index (χ2n) is 10.3. The number of nitrogens with zero attached hydrogens (tertiary/aromatic N) is 4. The first-order valence-electron chi connectivity index (χ1n) is 14.5. The Morgan fingerprint density at radius 1 is 0.723 bits per heavy atom. The van der Waals surface area contributed by atoms with Crippen molar-refractivity contribution in [2.45, 2.75) is 0 Å². The highest BCUT2D eigenvalue weighted by atomic mass is 16.3. The van der Waals surface area contributed by atoms with Gasteiger partial charge in [-0.3, -0.25) is 23.9 Å². The summed E-state index contributed by atoms with van der Waals surface area (Å²) in [6.07, 6.45) is 4.34. The van der Waals surface area contributed by atoms with Gasteiger partial charge in [-0.1, -0.05) is 115 Å². The van der Waals surface area contributed by atoms with Crippen LogP contribution in [-0.2, 0) is 9.59 Å². The number of para-hydroxylation sites is 2. The maximum absolute atomic E-state index is 14.1. The molecular weight excluding hydrogens is 588 g/mol. The molecule has 0 radical (unpaired) electrons. The zero-order valence-corrected chi connectivity index (χ0v) is 24.7. The van der Waals surface area contributed by atoms with E-state index in [1.165, 1.54) is 18.2 Å². The lowest BCUT2D eigenvalue weighted by Gasteiger charge is -2.29. The molecule has 8 heteroatoms. The van der Waals surface area contributed by atoms with E-state index in [9.17, 15) is 24.8 Å². The van der Waals surface area contributed by atoms with Gasteiger partial charge in [-0.15, -0.1) is 0 Å². The van der Waals surface area contributed by atoms with Gasteiger partial charge >= 0.3 is 0 Å². The second-order valence-corrected chi connectivity index (χ2v) is 10.3. The van der Waals surface area contributed by atoms with Crippen molar-refractivity contribution in [1.82, 2.24) is 4.57 Å². The van der Waals surface area contributed by atoms with Crippen molar-refractivity contribution in [2.75, 3.05) is 4.90 Å². The summed E-state index contributed by atoms with van der Waals surface area (Å²) in [6, 6.07) is 35.9. The Bertz CT molecular complexity index is 2260. The van der Waals surface area contributed by atoms with Crippen LogP contribution in [0.3, 0.4) is 0 Å². The molecule has 1 aromatic heterocycles. The van der Waals surface area contributed by atoms with Crippen LogP contribution in [0.4, 0.5) is 5.69 Å². The van der Waals surface area contributed by atoms with E-state index in [1.54, 1.807) is 121 Å². The van der Waals surface area contributed by atoms with Gasteiger partial charge in [0.1, 0.15) is 11.6 Å². The van der Waals surface area contributed by atoms with Gasteiger partial charge in [-0.25, -0.2) is 4.85 Å². The number of rotatable bonds is 6. The van der Waals surface area contributed by atoms with Crippen LogP contribution in [0, 0.1) is 17.9 Å². The fraction of sp³-hybridized carbons (Fsp3) is 0. The molecule has 224 valence electrons. The zero-order valence-electron chi connectivity index (χ0n) is 24.7. The van der Waals surface area contributed by atoms with Crippen LogP contribution in [-0.4, -0.2) is 16.4 Å². The lowest BCUT2D eigenvalue weighted by atomic mass is 9.90. The minimum absolute atomic E-state index is 0.0444. The van der Waals surface area contributed by atoms with Crippen LogP contribution in [0.15, 0.2) is 150 Å². The molecule has 4 aromatic carbocycles. The van der Waals surface area contributed by atoms with Crippen molar-refractivity contribution in [3.63, 3.8) is 0 Å². The molecule has 47 heavy (non-hydrogen) atoms. The summed E-state index contributed by atoms with van der Waals surface area (Å²) >= 11 is 0. The van der Waals surface area contributed by atoms with Gasteiger partial charge in [0.05, 0.1) is 12.3 Å². The Morgan fingerprint density at radius 2 is 1.26 bits per heavy atom. The molecule has 2 amide bonds. The second kappa shape index (κ2) is 12.9. The monoisotopic (exact) mass is 611 g/mol. The molecule has 0 N–H and O–H groups in total. The molecule has 5 aromatic rings. The summed E-state index contributed by atoms with van der Waals surface area (Å²) in [5, 5.41) is 24.2. The van der Waals surface area contributed by atoms with Crippen LogP contribution >= 0.6 is 0 Å². The number of carbonyl (C=O) groups is 2. The molecule has 0 saturated heterocycles. The molecule has 6 rings (SSSR count). The summed E-state index contributed by atoms with van der Waals surface area (Å²) < 4.78 is 0.950. The van der Waals surface area contributed by atoms with Crippen LogP contribution in [0.1, 0.15) is 16.7 Å². The third kappa shape index (κ3) is 5.44. The Labute approximate surface area is 270 Å². The number of carbonyl (C=O) groups excluding carboxylic acids is 2. The van der Waals surface area contributed by atoms with Crippen molar-refractivity contribution < 1.29 is 14.7 Å². The van der Waals surface area contributed by atoms with E-state index >= 15 is 0 Å². The number of amides is 2. The summed E-state index contributed by atoms with van der Waals surface area (Å²) in [6.45, 7) is 7.91. The van der Waals surface area contributed by atoms with Crippen LogP contribution < -0.4 is 15.6 Å². The van der Waals surface area contributed by atoms with Gasteiger partial charge in [0.25, 0.3) is 23.1 Å². The number of aromatic nitrogens is 1. The standard InChI is InChI=1S/C39H24N4O4/c1-41-35-34(27-17-8-3-9-18-27)31(37(45)43(39(35)47)29-21-12-5-13-22-29)24-14-23-30-33(26-15-6-2-7-16-26)32(25-40)38(46)42(36(30)44)28-19-10-4-11-20-28/h2-24,44H/p-1/b23-14+,31-24-. The Hall–Kier alpha value is -7.03. The predicted molar refractivity (Wildman–Crippen MR) is 178 cm³/mol. The lowest BCUT2D eigenvalue weighted by molar-refractivity contribution is -0.278. The van der Waals surface area contributed by atoms with Crippen LogP contribution in [0.25, 0.3) is 33.3 Å². The van der Waals surface area contributed by atoms with Gasteiger partial charge < -0.3 is 5.11 Å². The minimum Gasteiger partial charge on any atom is -0.859 e. The maximum Gasteiger partial charge on any atom is 0.273 e. The molecule has 1 aliphatic heterocycles. The maximum atomic E-state index is 14.1. The number of hydrogen-bond donors (Lipinski definition) is 0. The summed E-state index contributed by atoms with van der Waals surface area (Å²) in [5.74, 6) is -2.07. The molecule has 0 unspecified atom stereocenters. The van der Waals surface area contributed by atoms with E-state index in [1.807, 2.05) is 6.07 Å². The van der Waals surface area contributed by atoms with E-state index in [-0.39, 0.29) is 33.5 Å². The van der Waals surface area contributed by atoms with Gasteiger partial charge in [0.2, 0.25) is 0 Å². The molecule has 0 aliphatic carbocycles. The average Bonchev–Trinajstić information content (AvgIpc) is 3.11. The first kappa shape index (κ1) is 30.0. The number of pyridine rings is 1. The number of imide groups is 1. The van der Waals surface area contributed by atoms with E-state index in [2.05, 4.69) is 4.85 Å². The normalized spacial score (nSPS) is 14.0. The van der Waals surface area contributed by atoms with Crippen molar-refractivity contribution in [1.29, 1.82) is 5.26 Å². The zero-order chi connectivity index (χ0) is 32.9. The van der Waals surface area contributed by atoms with Crippen LogP contribution in [0.2, 0.25) is 0 Å². The SMILES string of the molecule is [C-]#[N+]C1=C(c2ccccc2)/C(=C/C=C/c2c(-c3ccccc3)c(C#N)c(=O)n(-c3ccccc3)c2[O-])C(=O)N(c2ccccc2)C1=O. The molecular formula is C39H23N4O4-. The van der Waals surface area contributed by atoms with E-state index in [0.717, 1.165) is 9.47 Å². The molecule has 0 bridgehead atoms. The van der Waals surface area contributed by atoms with Crippen molar-refractivity contribution in [3.8, 4) is 28.8 Å². The van der Waals surface area contributed by atoms with Gasteiger partial charge in [-0.05, 0) is 46.8 Å². The fourth-order valence-corrected chi connectivity index (χ4v) is 5.52. The summed E-state index contributed by atoms with van der Waals surface area (Å²) in [5.41, 5.74) is 0.761. The number of anilines is 1. The largest absolute Gasteiger partial charge is 0.859 e. The third-order valence-corrected chi connectivity index (χ3v) is 7.62. The molecule has 0 fully saturated rings. The highest BCUT2D eigenvalue weighted by Gasteiger charge is 2.38. The van der Waals surface area contributed by atoms with Gasteiger partial charge in [0.15, 0.2) is 0 Å². The van der Waals surface area contributed by atoms with E-state index in [4.69, 9.17) is 6.57 Å². The minimum atomic E-state index is -0.756. The molecule has 2 heterocycles. The third-order valence-electron chi connectivity index (χ3n) is 7.62. The number of allylic oxidation sites excluding steroid dienone is 2. The molecule has 0 atom stereocenters. The molecule has 8 nitrogen and oxygen atoms in total. The van der Waals surface area contributed by atoms with Crippen molar-refractivity contribution in [3.05, 3.63) is 183 Å². The topological polar surface area (TPSA) is 111 Å². The van der Waals surface area contributed by atoms with Gasteiger partial charge in [0, 0.05) is 22.4 Å². The van der Waals surface area contributed by atoms with Gasteiger partial charge in [-0.2, -0.15) is 5.26 Å². The van der Waals surface area contributed by atoms with Crippen molar-refractivity contribution in [2.24, 2.45) is 0 Å².